The summed E-state index contributed by atoms with van der Waals surface area (Å²) in [6, 6.07) is 9.26. The number of methoxy groups -OCH3 is 3. The van der Waals surface area contributed by atoms with Gasteiger partial charge in [0.2, 0.25) is 5.75 Å². The lowest BCUT2D eigenvalue weighted by Crippen LogP contribution is -2.20. The molecule has 0 aliphatic rings. The van der Waals surface area contributed by atoms with Crippen molar-refractivity contribution < 1.29 is 23.9 Å². The highest BCUT2D eigenvalue weighted by Crippen LogP contribution is 2.43. The van der Waals surface area contributed by atoms with E-state index in [2.05, 4.69) is 31.9 Å². The number of nitro groups is 1. The number of alkyl halides is 2. The van der Waals surface area contributed by atoms with Crippen molar-refractivity contribution in [3.63, 3.8) is 0 Å². The second-order valence-corrected chi connectivity index (χ2v) is 7.37. The predicted octanol–water partition coefficient (Wildman–Crippen LogP) is 4.70. The summed E-state index contributed by atoms with van der Waals surface area (Å²) in [5, 5.41) is 11.2. The lowest BCUT2D eigenvalue weighted by Gasteiger charge is -2.19. The van der Waals surface area contributed by atoms with Gasteiger partial charge in [-0.05, 0) is 23.8 Å². The fourth-order valence-electron chi connectivity index (χ4n) is 2.55. The summed E-state index contributed by atoms with van der Waals surface area (Å²) in [5.74, 6) is 0.890. The Morgan fingerprint density at radius 1 is 1.04 bits per heavy atom. The Morgan fingerprint density at radius 3 is 2.07 bits per heavy atom. The van der Waals surface area contributed by atoms with Crippen LogP contribution in [0.5, 0.6) is 17.2 Å². The van der Waals surface area contributed by atoms with E-state index in [1.54, 1.807) is 18.2 Å². The lowest BCUT2D eigenvalue weighted by molar-refractivity contribution is -0.385. The second-order valence-electron chi connectivity index (χ2n) is 5.40. The van der Waals surface area contributed by atoms with Crippen LogP contribution in [0.4, 0.5) is 5.69 Å². The molecule has 0 amide bonds. The monoisotopic (exact) mass is 501 g/mol. The zero-order valence-electron chi connectivity index (χ0n) is 14.8. The summed E-state index contributed by atoms with van der Waals surface area (Å²) in [6.07, 6.45) is 0. The van der Waals surface area contributed by atoms with Crippen LogP contribution in [-0.2, 0) is 0 Å². The number of hydrogen-bond donors (Lipinski definition) is 0. The number of carbonyl (C=O) groups is 1. The van der Waals surface area contributed by atoms with Gasteiger partial charge in [-0.15, -0.1) is 0 Å². The molecule has 2 aromatic rings. The molecule has 27 heavy (non-hydrogen) atoms. The SMILES string of the molecule is COc1cc([C@@H](Br)[C@@H](Br)C(=O)c2ccccc2[N+](=O)[O-])cc(OC)c1OC. The molecule has 0 radical (unpaired) electrons. The van der Waals surface area contributed by atoms with Gasteiger partial charge in [-0.3, -0.25) is 14.9 Å². The van der Waals surface area contributed by atoms with Crippen molar-refractivity contribution in [2.75, 3.05) is 21.3 Å². The number of para-hydroxylation sites is 1. The van der Waals surface area contributed by atoms with Gasteiger partial charge in [0.05, 0.1) is 41.5 Å². The number of Topliss-reactive ketones (excluding diaryl/α,β-unsaturated/α-hetero) is 1. The van der Waals surface area contributed by atoms with Gasteiger partial charge < -0.3 is 14.2 Å². The Morgan fingerprint density at radius 2 is 1.59 bits per heavy atom. The minimum Gasteiger partial charge on any atom is -0.493 e. The summed E-state index contributed by atoms with van der Waals surface area (Å²) < 4.78 is 16.0. The van der Waals surface area contributed by atoms with Gasteiger partial charge in [0.15, 0.2) is 17.3 Å². The van der Waals surface area contributed by atoms with Crippen molar-refractivity contribution in [3.05, 3.63) is 57.6 Å². The third-order valence-electron chi connectivity index (χ3n) is 3.88. The Labute approximate surface area is 173 Å². The highest BCUT2D eigenvalue weighted by Gasteiger charge is 2.31. The number of nitro benzene ring substituents is 1. The number of ketones is 1. The van der Waals surface area contributed by atoms with E-state index >= 15 is 0 Å². The summed E-state index contributed by atoms with van der Waals surface area (Å²) in [5.41, 5.74) is 0.469. The Bertz CT molecular complexity index is 832. The molecule has 0 unspecified atom stereocenters. The number of halogens is 2. The molecule has 0 heterocycles. The summed E-state index contributed by atoms with van der Waals surface area (Å²) in [7, 11) is 4.49. The van der Waals surface area contributed by atoms with E-state index in [0.717, 1.165) is 0 Å². The van der Waals surface area contributed by atoms with Crippen LogP contribution >= 0.6 is 31.9 Å². The normalized spacial score (nSPS) is 12.8. The van der Waals surface area contributed by atoms with Gasteiger partial charge in [0, 0.05) is 6.07 Å². The molecule has 0 saturated heterocycles. The van der Waals surface area contributed by atoms with E-state index in [1.807, 2.05) is 0 Å². The van der Waals surface area contributed by atoms with Crippen LogP contribution in [0.15, 0.2) is 36.4 Å². The van der Waals surface area contributed by atoms with Gasteiger partial charge in [-0.1, -0.05) is 44.0 Å². The fourth-order valence-corrected chi connectivity index (χ4v) is 3.61. The maximum atomic E-state index is 12.8. The van der Waals surface area contributed by atoms with E-state index in [9.17, 15) is 14.9 Å². The first kappa shape index (κ1) is 21.2. The molecular formula is C18H17Br2NO6. The summed E-state index contributed by atoms with van der Waals surface area (Å²) in [4.78, 5) is 22.2. The smallest absolute Gasteiger partial charge is 0.280 e. The molecule has 2 atom stereocenters. The molecule has 0 spiro atoms. The maximum Gasteiger partial charge on any atom is 0.280 e. The number of nitrogens with zero attached hydrogens (tertiary/aromatic N) is 1. The van der Waals surface area contributed by atoms with Crippen LogP contribution in [0.25, 0.3) is 0 Å². The molecule has 0 bridgehead atoms. The Hall–Kier alpha value is -2.13. The molecule has 0 aliphatic carbocycles. The topological polar surface area (TPSA) is 87.9 Å². The molecule has 9 heteroatoms. The molecule has 0 N–H and O–H groups in total. The van der Waals surface area contributed by atoms with Crippen LogP contribution in [0.2, 0.25) is 0 Å². The molecule has 0 aliphatic heterocycles. The zero-order chi connectivity index (χ0) is 20.1. The summed E-state index contributed by atoms with van der Waals surface area (Å²) in [6.45, 7) is 0. The third-order valence-corrected chi connectivity index (χ3v) is 6.59. The van der Waals surface area contributed by atoms with Gasteiger partial charge >= 0.3 is 0 Å². The number of hydrogen-bond acceptors (Lipinski definition) is 6. The van der Waals surface area contributed by atoms with Crippen molar-refractivity contribution in [1.29, 1.82) is 0 Å². The molecule has 0 fully saturated rings. The molecule has 144 valence electrons. The first-order chi connectivity index (χ1) is 12.8. The van der Waals surface area contributed by atoms with Crippen LogP contribution in [-0.4, -0.2) is 36.9 Å². The molecule has 2 aromatic carbocycles. The summed E-state index contributed by atoms with van der Waals surface area (Å²) >= 11 is 6.86. The molecule has 7 nitrogen and oxygen atoms in total. The van der Waals surface area contributed by atoms with Gasteiger partial charge in [0.1, 0.15) is 0 Å². The highest BCUT2D eigenvalue weighted by molar-refractivity contribution is 9.12. The van der Waals surface area contributed by atoms with Gasteiger partial charge in [-0.25, -0.2) is 0 Å². The van der Waals surface area contributed by atoms with Crippen LogP contribution in [0, 0.1) is 10.1 Å². The zero-order valence-corrected chi connectivity index (χ0v) is 17.9. The minimum atomic E-state index is -0.763. The second kappa shape index (κ2) is 9.18. The first-order valence-corrected chi connectivity index (χ1v) is 9.54. The van der Waals surface area contributed by atoms with Crippen molar-refractivity contribution in [2.24, 2.45) is 0 Å². The molecular weight excluding hydrogens is 486 g/mol. The van der Waals surface area contributed by atoms with Crippen molar-refractivity contribution in [2.45, 2.75) is 9.65 Å². The predicted molar refractivity (Wildman–Crippen MR) is 108 cm³/mol. The van der Waals surface area contributed by atoms with E-state index in [1.165, 1.54) is 39.5 Å². The highest BCUT2D eigenvalue weighted by atomic mass is 79.9. The minimum absolute atomic E-state index is 0.0290. The largest absolute Gasteiger partial charge is 0.493 e. The third kappa shape index (κ3) is 4.41. The van der Waals surface area contributed by atoms with Crippen LogP contribution in [0.1, 0.15) is 20.7 Å². The number of rotatable bonds is 8. The van der Waals surface area contributed by atoms with Crippen molar-refractivity contribution in [1.82, 2.24) is 0 Å². The van der Waals surface area contributed by atoms with Gasteiger partial charge in [-0.2, -0.15) is 0 Å². The van der Waals surface area contributed by atoms with Crippen molar-refractivity contribution in [3.8, 4) is 17.2 Å². The van der Waals surface area contributed by atoms with E-state index in [4.69, 9.17) is 14.2 Å². The van der Waals surface area contributed by atoms with Crippen LogP contribution in [0.3, 0.4) is 0 Å². The van der Waals surface area contributed by atoms with E-state index in [-0.39, 0.29) is 11.3 Å². The Kier molecular flexibility index (Phi) is 7.20. The average molecular weight is 503 g/mol. The Balaban J connectivity index is 2.41. The van der Waals surface area contributed by atoms with Crippen LogP contribution < -0.4 is 14.2 Å². The fraction of sp³-hybridized carbons (Fsp3) is 0.278. The van der Waals surface area contributed by atoms with Gasteiger partial charge in [0.25, 0.3) is 5.69 Å². The number of carbonyl (C=O) groups excluding carboxylic acids is 1. The maximum absolute atomic E-state index is 12.8. The standard InChI is InChI=1S/C18H17Br2NO6/c1-25-13-8-10(9-14(26-2)18(13)27-3)15(19)16(20)17(22)11-6-4-5-7-12(11)21(23)24/h4-9,15-16H,1-3H3/t15-,16-/m1/s1. The molecule has 0 saturated carbocycles. The van der Waals surface area contributed by atoms with Crippen molar-refractivity contribution >= 4 is 43.3 Å². The number of benzene rings is 2. The van der Waals surface area contributed by atoms with E-state index in [0.29, 0.717) is 22.8 Å². The molecule has 2 rings (SSSR count). The first-order valence-electron chi connectivity index (χ1n) is 7.71. The quantitative estimate of drug-likeness (QED) is 0.225. The number of ether oxygens (including phenoxy) is 3. The average Bonchev–Trinajstić information content (AvgIpc) is 2.70. The molecule has 0 aromatic heterocycles. The van der Waals surface area contributed by atoms with E-state index < -0.39 is 20.4 Å². The lowest BCUT2D eigenvalue weighted by atomic mass is 10.0.